The number of allylic oxidation sites excluding steroid dienone is 1. The van der Waals surface area contributed by atoms with Gasteiger partial charge < -0.3 is 10.2 Å². The van der Waals surface area contributed by atoms with Crippen LogP contribution in [0.2, 0.25) is 0 Å². The van der Waals surface area contributed by atoms with Gasteiger partial charge in [0.25, 0.3) is 0 Å². The molecule has 0 aromatic carbocycles. The minimum absolute atomic E-state index is 0.0399. The smallest absolute Gasteiger partial charge is 0.0682 e. The Morgan fingerprint density at radius 2 is 1.78 bits per heavy atom. The normalized spacial score (nSPS) is 48.1. The van der Waals surface area contributed by atoms with Gasteiger partial charge in [-0.1, -0.05) is 45.8 Å². The molecule has 4 fully saturated rings. The molecule has 0 heterocycles. The molecule has 2 N–H and O–H groups in total. The summed E-state index contributed by atoms with van der Waals surface area (Å²) in [5.74, 6) is 4.76. The quantitative estimate of drug-likeness (QED) is 0.424. The lowest BCUT2D eigenvalue weighted by atomic mass is 9.46. The highest BCUT2D eigenvalue weighted by Gasteiger charge is 2.59. The van der Waals surface area contributed by atoms with E-state index in [1.54, 1.807) is 5.57 Å². The van der Waals surface area contributed by atoms with Crippen LogP contribution >= 0.6 is 0 Å². The van der Waals surface area contributed by atoms with Gasteiger partial charge in [-0.3, -0.25) is 0 Å². The van der Waals surface area contributed by atoms with Crippen molar-refractivity contribution in [2.45, 2.75) is 129 Å². The van der Waals surface area contributed by atoms with E-state index in [-0.39, 0.29) is 6.10 Å². The summed E-state index contributed by atoms with van der Waals surface area (Å²) in [5.41, 5.74) is 2.00. The summed E-state index contributed by atoms with van der Waals surface area (Å²) in [6, 6.07) is 0. The van der Waals surface area contributed by atoms with Crippen molar-refractivity contribution in [3.8, 4) is 0 Å². The summed E-state index contributed by atoms with van der Waals surface area (Å²) in [7, 11) is 0. The Labute approximate surface area is 197 Å². The Hall–Kier alpha value is -0.340. The molecule has 0 spiro atoms. The van der Waals surface area contributed by atoms with Gasteiger partial charge in [0.1, 0.15) is 0 Å². The van der Waals surface area contributed by atoms with Gasteiger partial charge in [-0.2, -0.15) is 0 Å². The Morgan fingerprint density at radius 1 is 1.00 bits per heavy atom. The fourth-order valence-corrected chi connectivity index (χ4v) is 9.68. The van der Waals surface area contributed by atoms with E-state index >= 15 is 0 Å². The molecule has 0 unspecified atom stereocenters. The van der Waals surface area contributed by atoms with Gasteiger partial charge >= 0.3 is 0 Å². The first-order valence-corrected chi connectivity index (χ1v) is 14.3. The molecular formula is C30H50O2. The van der Waals surface area contributed by atoms with Crippen LogP contribution in [0.15, 0.2) is 11.6 Å². The van der Waals surface area contributed by atoms with Crippen LogP contribution < -0.4 is 0 Å². The lowest BCUT2D eigenvalue weighted by Gasteiger charge is -2.59. The molecule has 32 heavy (non-hydrogen) atoms. The summed E-state index contributed by atoms with van der Waals surface area (Å²) in [6.45, 7) is 9.88. The van der Waals surface area contributed by atoms with E-state index in [1.807, 2.05) is 0 Å². The molecule has 0 aromatic rings. The molecule has 0 aliphatic heterocycles. The van der Waals surface area contributed by atoms with E-state index < -0.39 is 5.60 Å². The maximum absolute atomic E-state index is 11.0. The third-order valence-corrected chi connectivity index (χ3v) is 12.3. The van der Waals surface area contributed by atoms with Gasteiger partial charge in [-0.25, -0.2) is 0 Å². The summed E-state index contributed by atoms with van der Waals surface area (Å²) in [5, 5.41) is 21.6. The Kier molecular flexibility index (Phi) is 6.14. The maximum Gasteiger partial charge on any atom is 0.0682 e. The fourth-order valence-electron chi connectivity index (χ4n) is 9.68. The van der Waals surface area contributed by atoms with E-state index in [1.165, 1.54) is 64.2 Å². The molecule has 9 atom stereocenters. The van der Waals surface area contributed by atoms with Crippen molar-refractivity contribution in [3.63, 3.8) is 0 Å². The van der Waals surface area contributed by atoms with Crippen LogP contribution in [0, 0.1) is 46.3 Å². The first-order chi connectivity index (χ1) is 15.2. The van der Waals surface area contributed by atoms with Crippen molar-refractivity contribution in [3.05, 3.63) is 11.6 Å². The minimum Gasteiger partial charge on any atom is -0.393 e. The minimum atomic E-state index is -0.445. The van der Waals surface area contributed by atoms with Crippen LogP contribution in [0.4, 0.5) is 0 Å². The predicted molar refractivity (Wildman–Crippen MR) is 132 cm³/mol. The monoisotopic (exact) mass is 442 g/mol. The second-order valence-corrected chi connectivity index (χ2v) is 13.6. The number of aliphatic hydroxyl groups is 2. The molecule has 5 rings (SSSR count). The molecule has 2 heteroatoms. The molecule has 0 radical (unpaired) electrons. The molecule has 4 saturated carbocycles. The zero-order valence-corrected chi connectivity index (χ0v) is 21.4. The van der Waals surface area contributed by atoms with Gasteiger partial charge in [-0.05, 0) is 130 Å². The van der Waals surface area contributed by atoms with E-state index in [2.05, 4.69) is 33.8 Å². The van der Waals surface area contributed by atoms with Crippen LogP contribution in [0.5, 0.6) is 0 Å². The Bertz CT molecular complexity index is 724. The van der Waals surface area contributed by atoms with E-state index in [0.717, 1.165) is 55.3 Å². The largest absolute Gasteiger partial charge is 0.393 e. The SMILES string of the molecule is CC[C@]1(O)CC[C@@]2(C)C(=CC[C@H]3[C@@H]4CC[C@H]([C@H](C)CC[C@H](O)C5CCC5)[C@@]4(C)CC[C@@H]32)C1. The maximum atomic E-state index is 11.0. The molecule has 5 aliphatic rings. The first kappa shape index (κ1) is 23.4. The second-order valence-electron chi connectivity index (χ2n) is 13.6. The van der Waals surface area contributed by atoms with Gasteiger partial charge in [0.05, 0.1) is 11.7 Å². The van der Waals surface area contributed by atoms with Crippen LogP contribution in [0.3, 0.4) is 0 Å². The molecule has 182 valence electrons. The Morgan fingerprint density at radius 3 is 2.47 bits per heavy atom. The summed E-state index contributed by atoms with van der Waals surface area (Å²) in [6.07, 6.45) is 19.5. The average molecular weight is 443 g/mol. The summed E-state index contributed by atoms with van der Waals surface area (Å²) < 4.78 is 0. The molecule has 0 amide bonds. The predicted octanol–water partition coefficient (Wildman–Crippen LogP) is 7.28. The highest BCUT2D eigenvalue weighted by Crippen LogP contribution is 2.67. The third-order valence-electron chi connectivity index (χ3n) is 12.3. The van der Waals surface area contributed by atoms with Crippen molar-refractivity contribution in [2.24, 2.45) is 46.3 Å². The van der Waals surface area contributed by atoms with E-state index in [4.69, 9.17) is 0 Å². The van der Waals surface area contributed by atoms with Gasteiger partial charge in [-0.15, -0.1) is 0 Å². The van der Waals surface area contributed by atoms with E-state index in [9.17, 15) is 10.2 Å². The van der Waals surface area contributed by atoms with Crippen molar-refractivity contribution < 1.29 is 10.2 Å². The van der Waals surface area contributed by atoms with Crippen molar-refractivity contribution in [1.29, 1.82) is 0 Å². The Balaban J connectivity index is 1.28. The number of fused-ring (bicyclic) bond motifs is 5. The zero-order valence-electron chi connectivity index (χ0n) is 21.4. The van der Waals surface area contributed by atoms with Crippen molar-refractivity contribution >= 4 is 0 Å². The molecular weight excluding hydrogens is 392 g/mol. The third kappa shape index (κ3) is 3.65. The molecule has 0 aromatic heterocycles. The highest BCUT2D eigenvalue weighted by atomic mass is 16.3. The fraction of sp³-hybridized carbons (Fsp3) is 0.933. The van der Waals surface area contributed by atoms with Crippen LogP contribution in [-0.2, 0) is 0 Å². The zero-order chi connectivity index (χ0) is 22.7. The lowest BCUT2D eigenvalue weighted by Crippen LogP contribution is -2.52. The summed E-state index contributed by atoms with van der Waals surface area (Å²) >= 11 is 0. The first-order valence-electron chi connectivity index (χ1n) is 14.3. The highest BCUT2D eigenvalue weighted by molar-refractivity contribution is 5.27. The molecule has 0 bridgehead atoms. The average Bonchev–Trinajstić information content (AvgIpc) is 3.09. The van der Waals surface area contributed by atoms with Gasteiger partial charge in [0.15, 0.2) is 0 Å². The van der Waals surface area contributed by atoms with Crippen LogP contribution in [0.25, 0.3) is 0 Å². The van der Waals surface area contributed by atoms with E-state index in [0.29, 0.717) is 16.7 Å². The van der Waals surface area contributed by atoms with Gasteiger partial charge in [0.2, 0.25) is 0 Å². The topological polar surface area (TPSA) is 40.5 Å². The second kappa shape index (κ2) is 8.40. The standard InChI is InChI=1S/C30H50O2/c1-5-30(32)18-17-28(3)22(19-30)10-11-23-25-13-12-24(29(25,4)16-15-26(23)28)20(2)9-14-27(31)21-7-6-8-21/h10,20-21,23-27,31-32H,5-9,11-19H2,1-4H3/t20-,23+,24-,25+,26+,27+,28+,29-,30+/m1/s1. The van der Waals surface area contributed by atoms with Crippen LogP contribution in [0.1, 0.15) is 118 Å². The number of rotatable bonds is 6. The molecule has 5 aliphatic carbocycles. The molecule has 0 saturated heterocycles. The number of aliphatic hydroxyl groups excluding tert-OH is 1. The lowest BCUT2D eigenvalue weighted by molar-refractivity contribution is -0.0760. The van der Waals surface area contributed by atoms with Crippen molar-refractivity contribution in [1.82, 2.24) is 0 Å². The van der Waals surface area contributed by atoms with Gasteiger partial charge in [0, 0.05) is 0 Å². The number of hydrogen-bond acceptors (Lipinski definition) is 2. The van der Waals surface area contributed by atoms with Crippen molar-refractivity contribution in [2.75, 3.05) is 0 Å². The number of hydrogen-bond donors (Lipinski definition) is 2. The van der Waals surface area contributed by atoms with Crippen LogP contribution in [-0.4, -0.2) is 21.9 Å². The summed E-state index contributed by atoms with van der Waals surface area (Å²) in [4.78, 5) is 0. The molecule has 2 nitrogen and oxygen atoms in total.